The zero-order valence-electron chi connectivity index (χ0n) is 13.2. The van der Waals surface area contributed by atoms with Crippen LogP contribution in [0.2, 0.25) is 0 Å². The minimum atomic E-state index is -0.430. The molecule has 124 valence electrons. The first kappa shape index (κ1) is 16.2. The van der Waals surface area contributed by atoms with Crippen LogP contribution in [0, 0.1) is 5.82 Å². The highest BCUT2D eigenvalue weighted by Crippen LogP contribution is 2.27. The van der Waals surface area contributed by atoms with Crippen LogP contribution in [-0.4, -0.2) is 25.0 Å². The van der Waals surface area contributed by atoms with Crippen molar-refractivity contribution in [1.82, 2.24) is 0 Å². The standard InChI is InChI=1S/C19H18FNO3/c20-16-8-5-14(6-9-16)7-10-19(23)24-13-18(22)21-12-11-15-3-1-2-4-17(15)21/h1-6,8-9H,7,10-13H2. The zero-order chi connectivity index (χ0) is 16.9. The number of esters is 1. The fourth-order valence-corrected chi connectivity index (χ4v) is 2.79. The molecular formula is C19H18FNO3. The van der Waals surface area contributed by atoms with Crippen molar-refractivity contribution in [2.75, 3.05) is 18.1 Å². The van der Waals surface area contributed by atoms with Crippen molar-refractivity contribution in [2.45, 2.75) is 19.3 Å². The maximum Gasteiger partial charge on any atom is 0.306 e. The Morgan fingerprint density at radius 3 is 2.62 bits per heavy atom. The molecule has 0 saturated heterocycles. The molecule has 1 aliphatic heterocycles. The van der Waals surface area contributed by atoms with Gasteiger partial charge in [0.05, 0.1) is 0 Å². The lowest BCUT2D eigenvalue weighted by Crippen LogP contribution is -2.33. The molecule has 0 aliphatic carbocycles. The van der Waals surface area contributed by atoms with Gasteiger partial charge in [-0.25, -0.2) is 4.39 Å². The minimum absolute atomic E-state index is 0.162. The summed E-state index contributed by atoms with van der Waals surface area (Å²) in [7, 11) is 0. The van der Waals surface area contributed by atoms with Crippen LogP contribution in [-0.2, 0) is 27.2 Å². The number of amides is 1. The fraction of sp³-hybridized carbons (Fsp3) is 0.263. The van der Waals surface area contributed by atoms with Gasteiger partial charge in [-0.15, -0.1) is 0 Å². The summed E-state index contributed by atoms with van der Waals surface area (Å²) >= 11 is 0. The molecule has 0 N–H and O–H groups in total. The van der Waals surface area contributed by atoms with Gasteiger partial charge in [0.2, 0.25) is 0 Å². The molecule has 0 atom stereocenters. The summed E-state index contributed by atoms with van der Waals surface area (Å²) in [6.07, 6.45) is 1.44. The van der Waals surface area contributed by atoms with E-state index in [-0.39, 0.29) is 24.8 Å². The van der Waals surface area contributed by atoms with Gasteiger partial charge in [-0.2, -0.15) is 0 Å². The van der Waals surface area contributed by atoms with Gasteiger partial charge in [0, 0.05) is 18.7 Å². The predicted molar refractivity (Wildman–Crippen MR) is 88.2 cm³/mol. The van der Waals surface area contributed by atoms with Crippen molar-refractivity contribution >= 4 is 17.6 Å². The summed E-state index contributed by atoms with van der Waals surface area (Å²) in [4.78, 5) is 25.7. The van der Waals surface area contributed by atoms with Gasteiger partial charge in [0.1, 0.15) is 5.82 Å². The van der Waals surface area contributed by atoms with E-state index >= 15 is 0 Å². The highest BCUT2D eigenvalue weighted by molar-refractivity contribution is 5.97. The highest BCUT2D eigenvalue weighted by atomic mass is 19.1. The topological polar surface area (TPSA) is 46.6 Å². The number of hydrogen-bond acceptors (Lipinski definition) is 3. The molecule has 0 saturated carbocycles. The second-order valence-corrected chi connectivity index (χ2v) is 5.71. The SMILES string of the molecule is O=C(CCc1ccc(F)cc1)OCC(=O)N1CCc2ccccc21. The average Bonchev–Trinajstić information content (AvgIpc) is 3.03. The van der Waals surface area contributed by atoms with E-state index in [4.69, 9.17) is 4.74 Å². The molecular weight excluding hydrogens is 309 g/mol. The van der Waals surface area contributed by atoms with E-state index in [9.17, 15) is 14.0 Å². The molecule has 0 fully saturated rings. The van der Waals surface area contributed by atoms with Gasteiger partial charge in [-0.05, 0) is 42.2 Å². The molecule has 4 nitrogen and oxygen atoms in total. The third kappa shape index (κ3) is 3.79. The Labute approximate surface area is 139 Å². The zero-order valence-corrected chi connectivity index (χ0v) is 13.2. The van der Waals surface area contributed by atoms with Crippen molar-refractivity contribution in [3.63, 3.8) is 0 Å². The molecule has 2 aromatic carbocycles. The number of nitrogens with zero attached hydrogens (tertiary/aromatic N) is 1. The van der Waals surface area contributed by atoms with Crippen LogP contribution >= 0.6 is 0 Å². The van der Waals surface area contributed by atoms with Crippen LogP contribution in [0.3, 0.4) is 0 Å². The summed E-state index contributed by atoms with van der Waals surface area (Å²) in [6.45, 7) is 0.363. The fourth-order valence-electron chi connectivity index (χ4n) is 2.79. The molecule has 0 aromatic heterocycles. The van der Waals surface area contributed by atoms with Crippen LogP contribution in [0.4, 0.5) is 10.1 Å². The predicted octanol–water partition coefficient (Wildman–Crippen LogP) is 2.89. The van der Waals surface area contributed by atoms with Gasteiger partial charge >= 0.3 is 5.97 Å². The van der Waals surface area contributed by atoms with Crippen molar-refractivity contribution in [3.05, 3.63) is 65.5 Å². The lowest BCUT2D eigenvalue weighted by Gasteiger charge is -2.17. The highest BCUT2D eigenvalue weighted by Gasteiger charge is 2.24. The number of aryl methyl sites for hydroxylation is 1. The van der Waals surface area contributed by atoms with E-state index in [0.29, 0.717) is 13.0 Å². The number of fused-ring (bicyclic) bond motifs is 1. The summed E-state index contributed by atoms with van der Waals surface area (Å²) in [5.74, 6) is -0.951. The van der Waals surface area contributed by atoms with E-state index in [2.05, 4.69) is 0 Å². The molecule has 0 spiro atoms. The summed E-state index contributed by atoms with van der Waals surface area (Å²) in [5, 5.41) is 0. The Hall–Kier alpha value is -2.69. The number of anilines is 1. The second kappa shape index (κ2) is 7.25. The number of carbonyl (C=O) groups excluding carboxylic acids is 2. The Morgan fingerprint density at radius 2 is 1.83 bits per heavy atom. The molecule has 1 amide bonds. The molecule has 5 heteroatoms. The monoisotopic (exact) mass is 327 g/mol. The number of halogens is 1. The normalized spacial score (nSPS) is 12.8. The third-order valence-corrected chi connectivity index (χ3v) is 4.08. The smallest absolute Gasteiger partial charge is 0.306 e. The number of benzene rings is 2. The van der Waals surface area contributed by atoms with Crippen molar-refractivity contribution in [1.29, 1.82) is 0 Å². The Kier molecular flexibility index (Phi) is 4.89. The lowest BCUT2D eigenvalue weighted by atomic mass is 10.1. The van der Waals surface area contributed by atoms with Crippen LogP contribution in [0.25, 0.3) is 0 Å². The van der Waals surface area contributed by atoms with Gasteiger partial charge < -0.3 is 9.64 Å². The van der Waals surface area contributed by atoms with E-state index in [1.54, 1.807) is 17.0 Å². The maximum atomic E-state index is 12.8. The molecule has 1 heterocycles. The van der Waals surface area contributed by atoms with Crippen LogP contribution < -0.4 is 4.90 Å². The summed E-state index contributed by atoms with van der Waals surface area (Å²) in [5.41, 5.74) is 2.88. The second-order valence-electron chi connectivity index (χ2n) is 5.71. The van der Waals surface area contributed by atoms with Crippen molar-refractivity contribution < 1.29 is 18.7 Å². The van der Waals surface area contributed by atoms with E-state index in [0.717, 1.165) is 23.2 Å². The average molecular weight is 327 g/mol. The van der Waals surface area contributed by atoms with Gasteiger partial charge in [-0.3, -0.25) is 9.59 Å². The number of carbonyl (C=O) groups is 2. The summed E-state index contributed by atoms with van der Waals surface area (Å²) in [6, 6.07) is 13.7. The quantitative estimate of drug-likeness (QED) is 0.793. The minimum Gasteiger partial charge on any atom is -0.456 e. The number of hydrogen-bond donors (Lipinski definition) is 0. The maximum absolute atomic E-state index is 12.8. The first-order valence-electron chi connectivity index (χ1n) is 7.92. The number of ether oxygens (including phenoxy) is 1. The number of rotatable bonds is 5. The molecule has 0 unspecified atom stereocenters. The van der Waals surface area contributed by atoms with Crippen LogP contribution in [0.1, 0.15) is 17.5 Å². The van der Waals surface area contributed by atoms with Crippen LogP contribution in [0.15, 0.2) is 48.5 Å². The van der Waals surface area contributed by atoms with Crippen LogP contribution in [0.5, 0.6) is 0 Å². The molecule has 0 bridgehead atoms. The first-order valence-corrected chi connectivity index (χ1v) is 7.92. The Bertz CT molecular complexity index is 743. The molecule has 2 aromatic rings. The largest absolute Gasteiger partial charge is 0.456 e. The molecule has 1 aliphatic rings. The third-order valence-electron chi connectivity index (χ3n) is 4.08. The summed E-state index contributed by atoms with van der Waals surface area (Å²) < 4.78 is 17.9. The molecule has 0 radical (unpaired) electrons. The first-order chi connectivity index (χ1) is 11.6. The Balaban J connectivity index is 1.46. The molecule has 3 rings (SSSR count). The van der Waals surface area contributed by atoms with Crippen molar-refractivity contribution in [2.24, 2.45) is 0 Å². The van der Waals surface area contributed by atoms with Crippen molar-refractivity contribution in [3.8, 4) is 0 Å². The van der Waals surface area contributed by atoms with Gasteiger partial charge in [0.15, 0.2) is 6.61 Å². The lowest BCUT2D eigenvalue weighted by molar-refractivity contribution is -0.147. The van der Waals surface area contributed by atoms with E-state index in [1.807, 2.05) is 24.3 Å². The van der Waals surface area contributed by atoms with E-state index < -0.39 is 5.97 Å². The van der Waals surface area contributed by atoms with Gasteiger partial charge in [0.25, 0.3) is 5.91 Å². The Morgan fingerprint density at radius 1 is 1.08 bits per heavy atom. The van der Waals surface area contributed by atoms with E-state index in [1.165, 1.54) is 12.1 Å². The van der Waals surface area contributed by atoms with Gasteiger partial charge in [-0.1, -0.05) is 30.3 Å². The molecule has 24 heavy (non-hydrogen) atoms. The number of para-hydroxylation sites is 1.